The molecule has 14 heavy (non-hydrogen) atoms. The fraction of sp³-hybridized carbons (Fsp3) is 0.333. The van der Waals surface area contributed by atoms with Gasteiger partial charge in [-0.15, -0.1) is 0 Å². The molecule has 0 radical (unpaired) electrons. The van der Waals surface area contributed by atoms with Crippen LogP contribution < -0.4 is 10.5 Å². The number of aromatic nitrogens is 1. The average Bonchev–Trinajstić information content (AvgIpc) is 2.07. The van der Waals surface area contributed by atoms with E-state index in [0.29, 0.717) is 5.69 Å². The second-order valence-corrected chi connectivity index (χ2v) is 3.06. The van der Waals surface area contributed by atoms with Gasteiger partial charge in [0.05, 0.1) is 11.8 Å². The maximum Gasteiger partial charge on any atom is 0.354 e. The zero-order valence-electron chi connectivity index (χ0n) is 8.02. The summed E-state index contributed by atoms with van der Waals surface area (Å²) in [4.78, 5) is 14.4. The minimum Gasteiger partial charge on any atom is -0.477 e. The van der Waals surface area contributed by atoms with Gasteiger partial charge in [-0.1, -0.05) is 0 Å². The Morgan fingerprint density at radius 2 is 2.21 bits per heavy atom. The Labute approximate surface area is 81.5 Å². The van der Waals surface area contributed by atoms with Crippen LogP contribution in [-0.4, -0.2) is 22.2 Å². The summed E-state index contributed by atoms with van der Waals surface area (Å²) in [5.74, 6) is -0.932. The average molecular weight is 196 g/mol. The van der Waals surface area contributed by atoms with E-state index in [4.69, 9.17) is 15.6 Å². The second kappa shape index (κ2) is 3.95. The number of carbonyl (C=O) groups is 1. The molecule has 5 nitrogen and oxygen atoms in total. The van der Waals surface area contributed by atoms with Crippen LogP contribution in [0.4, 0.5) is 5.69 Å². The van der Waals surface area contributed by atoms with E-state index in [9.17, 15) is 4.79 Å². The second-order valence-electron chi connectivity index (χ2n) is 3.06. The lowest BCUT2D eigenvalue weighted by atomic mass is 10.3. The van der Waals surface area contributed by atoms with Gasteiger partial charge in [-0.2, -0.15) is 0 Å². The molecule has 0 unspecified atom stereocenters. The molecular weight excluding hydrogens is 184 g/mol. The van der Waals surface area contributed by atoms with Crippen molar-refractivity contribution < 1.29 is 14.6 Å². The van der Waals surface area contributed by atoms with Crippen molar-refractivity contribution in [2.75, 3.05) is 5.73 Å². The van der Waals surface area contributed by atoms with Gasteiger partial charge in [0.2, 0.25) is 5.88 Å². The third-order valence-corrected chi connectivity index (χ3v) is 1.46. The Kier molecular flexibility index (Phi) is 2.91. The highest BCUT2D eigenvalue weighted by atomic mass is 16.5. The number of ether oxygens (including phenoxy) is 1. The summed E-state index contributed by atoms with van der Waals surface area (Å²) in [6.07, 6.45) is -0.0890. The summed E-state index contributed by atoms with van der Waals surface area (Å²) in [5.41, 5.74) is 5.82. The fourth-order valence-electron chi connectivity index (χ4n) is 0.888. The van der Waals surface area contributed by atoms with E-state index < -0.39 is 5.97 Å². The number of carboxylic acids is 1. The summed E-state index contributed by atoms with van der Waals surface area (Å²) in [6.45, 7) is 3.63. The summed E-state index contributed by atoms with van der Waals surface area (Å²) < 4.78 is 5.24. The molecule has 0 saturated carbocycles. The lowest BCUT2D eigenvalue weighted by Gasteiger charge is -2.10. The largest absolute Gasteiger partial charge is 0.477 e. The van der Waals surface area contributed by atoms with Crippen LogP contribution >= 0.6 is 0 Å². The van der Waals surface area contributed by atoms with E-state index in [2.05, 4.69) is 4.98 Å². The number of aromatic carboxylic acids is 1. The predicted octanol–water partition coefficient (Wildman–Crippen LogP) is 1.15. The van der Waals surface area contributed by atoms with E-state index in [1.54, 1.807) is 0 Å². The Bertz CT molecular complexity index is 350. The van der Waals surface area contributed by atoms with Crippen LogP contribution in [0.25, 0.3) is 0 Å². The van der Waals surface area contributed by atoms with Crippen molar-refractivity contribution >= 4 is 11.7 Å². The molecule has 0 amide bonds. The first-order valence-electron chi connectivity index (χ1n) is 4.17. The molecule has 0 aliphatic carbocycles. The van der Waals surface area contributed by atoms with Crippen LogP contribution in [0.1, 0.15) is 24.3 Å². The normalized spacial score (nSPS) is 10.2. The van der Waals surface area contributed by atoms with Crippen molar-refractivity contribution in [2.45, 2.75) is 20.0 Å². The van der Waals surface area contributed by atoms with Crippen molar-refractivity contribution in [1.29, 1.82) is 0 Å². The van der Waals surface area contributed by atoms with E-state index in [0.717, 1.165) is 0 Å². The zero-order valence-corrected chi connectivity index (χ0v) is 8.02. The fourth-order valence-corrected chi connectivity index (χ4v) is 0.888. The van der Waals surface area contributed by atoms with E-state index in [1.165, 1.54) is 12.1 Å². The van der Waals surface area contributed by atoms with Crippen LogP contribution in [-0.2, 0) is 0 Å². The molecule has 0 saturated heterocycles. The van der Waals surface area contributed by atoms with Crippen LogP contribution in [0.15, 0.2) is 12.1 Å². The molecule has 0 aliphatic rings. The number of hydrogen-bond donors (Lipinski definition) is 2. The Hall–Kier alpha value is -1.78. The third-order valence-electron chi connectivity index (χ3n) is 1.46. The van der Waals surface area contributed by atoms with Crippen LogP contribution in [0.5, 0.6) is 5.88 Å². The summed E-state index contributed by atoms with van der Waals surface area (Å²) in [7, 11) is 0. The SMILES string of the molecule is CC(C)Oc1nc(C(=O)O)ccc1N. The monoisotopic (exact) mass is 196 g/mol. The van der Waals surface area contributed by atoms with Crippen LogP contribution in [0.3, 0.4) is 0 Å². The first-order chi connectivity index (χ1) is 6.50. The molecule has 0 aliphatic heterocycles. The number of hydrogen-bond acceptors (Lipinski definition) is 4. The van der Waals surface area contributed by atoms with Crippen LogP contribution in [0.2, 0.25) is 0 Å². The Balaban J connectivity index is 3.02. The van der Waals surface area contributed by atoms with Gasteiger partial charge in [0, 0.05) is 0 Å². The molecule has 1 aromatic rings. The number of rotatable bonds is 3. The molecule has 1 aromatic heterocycles. The molecule has 0 aromatic carbocycles. The first-order valence-corrected chi connectivity index (χ1v) is 4.17. The predicted molar refractivity (Wildman–Crippen MR) is 51.4 cm³/mol. The van der Waals surface area contributed by atoms with Crippen molar-refractivity contribution in [2.24, 2.45) is 0 Å². The van der Waals surface area contributed by atoms with Crippen molar-refractivity contribution in [1.82, 2.24) is 4.98 Å². The van der Waals surface area contributed by atoms with Gasteiger partial charge in [0.1, 0.15) is 0 Å². The van der Waals surface area contributed by atoms with Crippen molar-refractivity contribution in [3.63, 3.8) is 0 Å². The van der Waals surface area contributed by atoms with Gasteiger partial charge < -0.3 is 15.6 Å². The quantitative estimate of drug-likeness (QED) is 0.757. The molecule has 1 rings (SSSR count). The van der Waals surface area contributed by atoms with Crippen molar-refractivity contribution in [3.05, 3.63) is 17.8 Å². The zero-order chi connectivity index (χ0) is 10.7. The molecule has 5 heteroatoms. The minimum absolute atomic E-state index is 0.0742. The Morgan fingerprint density at radius 1 is 1.57 bits per heavy atom. The molecule has 76 valence electrons. The number of carboxylic acid groups (broad SMARTS) is 1. The molecule has 0 bridgehead atoms. The lowest BCUT2D eigenvalue weighted by Crippen LogP contribution is -2.11. The highest BCUT2D eigenvalue weighted by molar-refractivity contribution is 5.86. The minimum atomic E-state index is -1.10. The van der Waals surface area contributed by atoms with Gasteiger partial charge in [0.25, 0.3) is 0 Å². The maximum atomic E-state index is 10.6. The highest BCUT2D eigenvalue weighted by Crippen LogP contribution is 2.19. The van der Waals surface area contributed by atoms with E-state index in [1.807, 2.05) is 13.8 Å². The number of nitrogens with zero attached hydrogens (tertiary/aromatic N) is 1. The third kappa shape index (κ3) is 2.35. The van der Waals surface area contributed by atoms with E-state index in [-0.39, 0.29) is 17.7 Å². The number of pyridine rings is 1. The number of nitrogens with two attached hydrogens (primary N) is 1. The molecular formula is C9H12N2O3. The van der Waals surface area contributed by atoms with Gasteiger partial charge in [-0.25, -0.2) is 9.78 Å². The molecule has 0 atom stereocenters. The van der Waals surface area contributed by atoms with Gasteiger partial charge in [0.15, 0.2) is 5.69 Å². The maximum absolute atomic E-state index is 10.6. The van der Waals surface area contributed by atoms with Gasteiger partial charge >= 0.3 is 5.97 Å². The topological polar surface area (TPSA) is 85.4 Å². The molecule has 0 spiro atoms. The van der Waals surface area contributed by atoms with E-state index >= 15 is 0 Å². The van der Waals surface area contributed by atoms with Crippen LogP contribution in [0, 0.1) is 0 Å². The molecule has 3 N–H and O–H groups in total. The summed E-state index contributed by atoms with van der Waals surface area (Å²) in [6, 6.07) is 2.80. The number of nitrogen functional groups attached to an aromatic ring is 1. The molecule has 0 fully saturated rings. The molecule has 1 heterocycles. The van der Waals surface area contributed by atoms with Gasteiger partial charge in [-0.3, -0.25) is 0 Å². The standard InChI is InChI=1S/C9H12N2O3/c1-5(2)14-8-6(10)3-4-7(11-8)9(12)13/h3-5H,10H2,1-2H3,(H,12,13). The Morgan fingerprint density at radius 3 is 2.71 bits per heavy atom. The smallest absolute Gasteiger partial charge is 0.354 e. The number of anilines is 1. The summed E-state index contributed by atoms with van der Waals surface area (Å²) in [5, 5.41) is 8.68. The summed E-state index contributed by atoms with van der Waals surface area (Å²) >= 11 is 0. The highest BCUT2D eigenvalue weighted by Gasteiger charge is 2.10. The van der Waals surface area contributed by atoms with Crippen molar-refractivity contribution in [3.8, 4) is 5.88 Å². The first kappa shape index (κ1) is 10.3. The lowest BCUT2D eigenvalue weighted by molar-refractivity contribution is 0.0688. The van der Waals surface area contributed by atoms with Gasteiger partial charge in [-0.05, 0) is 26.0 Å².